The van der Waals surface area contributed by atoms with Crippen LogP contribution in [0.15, 0.2) is 30.3 Å². The summed E-state index contributed by atoms with van der Waals surface area (Å²) < 4.78 is 5.34. The normalized spacial score (nSPS) is 24.5. The fourth-order valence-electron chi connectivity index (χ4n) is 6.10. The van der Waals surface area contributed by atoms with Crippen LogP contribution >= 0.6 is 0 Å². The second kappa shape index (κ2) is 14.6. The molecule has 3 unspecified atom stereocenters. The standard InChI is InChI=1S/C28H45N3O3.C2H6/c1-6-11-23-20-25(21-28(23,3)30(5)27(33)34-7-2)31-18-16-22(17-19-31)14-15-26(32)29(4)24-12-9-8-10-13-24;1-2/h8-10,12-13,22-23,25H,6-7,11,14-21H2,1-5H3;1-2H3. The minimum Gasteiger partial charge on any atom is -0.450 e. The van der Waals surface area contributed by atoms with E-state index in [0.29, 0.717) is 30.9 Å². The number of carbonyl (C=O) groups excluding carboxylic acids is 2. The number of hydrogen-bond acceptors (Lipinski definition) is 4. The molecule has 1 aromatic carbocycles. The first-order valence-electron chi connectivity index (χ1n) is 14.3. The summed E-state index contributed by atoms with van der Waals surface area (Å²) in [6.07, 6.45) is 8.13. The molecule has 36 heavy (non-hydrogen) atoms. The van der Waals surface area contributed by atoms with E-state index in [2.05, 4.69) is 18.7 Å². The smallest absolute Gasteiger partial charge is 0.409 e. The molecule has 2 aliphatic rings. The molecule has 1 aromatic rings. The molecule has 3 rings (SSSR count). The van der Waals surface area contributed by atoms with Crippen molar-refractivity contribution in [3.8, 4) is 0 Å². The number of nitrogens with zero attached hydrogens (tertiary/aromatic N) is 3. The van der Waals surface area contributed by atoms with E-state index in [1.165, 1.54) is 0 Å². The minimum atomic E-state index is -0.199. The highest BCUT2D eigenvalue weighted by molar-refractivity contribution is 5.92. The summed E-state index contributed by atoms with van der Waals surface area (Å²) in [6, 6.07) is 10.4. The van der Waals surface area contributed by atoms with E-state index in [1.54, 1.807) is 4.90 Å². The predicted octanol–water partition coefficient (Wildman–Crippen LogP) is 6.59. The molecule has 0 aromatic heterocycles. The van der Waals surface area contributed by atoms with Gasteiger partial charge in [-0.15, -0.1) is 0 Å². The SMILES string of the molecule is CC.CCCC1CC(N2CCC(CCC(=O)N(C)c3ccccc3)CC2)CC1(C)N(C)C(=O)OCC. The third kappa shape index (κ3) is 7.47. The van der Waals surface area contributed by atoms with E-state index in [-0.39, 0.29) is 17.5 Å². The van der Waals surface area contributed by atoms with Crippen molar-refractivity contribution in [2.45, 2.75) is 97.6 Å². The van der Waals surface area contributed by atoms with Gasteiger partial charge in [0.25, 0.3) is 0 Å². The largest absolute Gasteiger partial charge is 0.450 e. The van der Waals surface area contributed by atoms with Crippen LogP contribution in [0.2, 0.25) is 0 Å². The van der Waals surface area contributed by atoms with Crippen molar-refractivity contribution in [3.63, 3.8) is 0 Å². The lowest BCUT2D eigenvalue weighted by molar-refractivity contribution is -0.118. The van der Waals surface area contributed by atoms with Gasteiger partial charge in [-0.1, -0.05) is 45.4 Å². The fourth-order valence-corrected chi connectivity index (χ4v) is 6.10. The maximum absolute atomic E-state index is 12.7. The Kier molecular flexibility index (Phi) is 12.2. The molecule has 6 heteroatoms. The summed E-state index contributed by atoms with van der Waals surface area (Å²) in [6.45, 7) is 13.0. The lowest BCUT2D eigenvalue weighted by Gasteiger charge is -2.40. The van der Waals surface area contributed by atoms with Crippen LogP contribution in [0.5, 0.6) is 0 Å². The van der Waals surface area contributed by atoms with Gasteiger partial charge in [-0.05, 0) is 89.4 Å². The van der Waals surface area contributed by atoms with Crippen molar-refractivity contribution in [2.75, 3.05) is 38.7 Å². The van der Waals surface area contributed by atoms with Crippen molar-refractivity contribution in [1.29, 1.82) is 0 Å². The quantitative estimate of drug-likeness (QED) is 0.383. The molecule has 1 saturated heterocycles. The van der Waals surface area contributed by atoms with Crippen molar-refractivity contribution in [2.24, 2.45) is 11.8 Å². The minimum absolute atomic E-state index is 0.155. The van der Waals surface area contributed by atoms with Crippen LogP contribution in [-0.2, 0) is 9.53 Å². The molecule has 1 aliphatic heterocycles. The number of anilines is 1. The first-order chi connectivity index (χ1) is 17.3. The van der Waals surface area contributed by atoms with Crippen LogP contribution in [-0.4, -0.2) is 67.2 Å². The summed E-state index contributed by atoms with van der Waals surface area (Å²) in [5, 5.41) is 0. The monoisotopic (exact) mass is 501 g/mol. The molecule has 3 atom stereocenters. The number of hydrogen-bond donors (Lipinski definition) is 0. The molecule has 0 radical (unpaired) electrons. The van der Waals surface area contributed by atoms with Gasteiger partial charge in [0, 0.05) is 37.8 Å². The first-order valence-corrected chi connectivity index (χ1v) is 14.3. The van der Waals surface area contributed by atoms with Crippen molar-refractivity contribution < 1.29 is 14.3 Å². The maximum Gasteiger partial charge on any atom is 0.409 e. The third-order valence-corrected chi connectivity index (χ3v) is 8.48. The van der Waals surface area contributed by atoms with Gasteiger partial charge in [-0.25, -0.2) is 4.79 Å². The average molecular weight is 502 g/mol. The van der Waals surface area contributed by atoms with E-state index in [4.69, 9.17) is 4.74 Å². The molecule has 0 bridgehead atoms. The fraction of sp³-hybridized carbons (Fsp3) is 0.733. The summed E-state index contributed by atoms with van der Waals surface area (Å²) in [5.74, 6) is 1.32. The van der Waals surface area contributed by atoms with Crippen LogP contribution < -0.4 is 4.90 Å². The molecule has 1 heterocycles. The Morgan fingerprint density at radius 1 is 1.06 bits per heavy atom. The molecule has 2 fully saturated rings. The van der Waals surface area contributed by atoms with Gasteiger partial charge in [0.15, 0.2) is 0 Å². The number of benzene rings is 1. The van der Waals surface area contributed by atoms with Crippen LogP contribution in [0.25, 0.3) is 0 Å². The maximum atomic E-state index is 12.7. The lowest BCUT2D eigenvalue weighted by atomic mass is 9.84. The lowest BCUT2D eigenvalue weighted by Crippen LogP contribution is -2.51. The highest BCUT2D eigenvalue weighted by Gasteiger charge is 2.49. The number of likely N-dealkylation sites (tertiary alicyclic amines) is 1. The first kappa shape index (κ1) is 30.1. The summed E-state index contributed by atoms with van der Waals surface area (Å²) in [4.78, 5) is 31.5. The van der Waals surface area contributed by atoms with Crippen LogP contribution in [0.4, 0.5) is 10.5 Å². The number of piperidine rings is 1. The number of ether oxygens (including phenoxy) is 1. The number of carbonyl (C=O) groups is 2. The second-order valence-electron chi connectivity index (χ2n) is 10.5. The highest BCUT2D eigenvalue weighted by atomic mass is 16.6. The van der Waals surface area contributed by atoms with E-state index in [1.807, 2.05) is 70.1 Å². The van der Waals surface area contributed by atoms with E-state index in [9.17, 15) is 9.59 Å². The van der Waals surface area contributed by atoms with Gasteiger partial charge in [0.2, 0.25) is 5.91 Å². The topological polar surface area (TPSA) is 53.1 Å². The molecule has 204 valence electrons. The van der Waals surface area contributed by atoms with Gasteiger partial charge in [-0.2, -0.15) is 0 Å². The molecule has 0 spiro atoms. The summed E-state index contributed by atoms with van der Waals surface area (Å²) in [5.41, 5.74) is 0.805. The van der Waals surface area contributed by atoms with Crippen LogP contribution in [0.3, 0.4) is 0 Å². The number of para-hydroxylation sites is 1. The zero-order chi connectivity index (χ0) is 26.7. The van der Waals surface area contributed by atoms with Crippen LogP contribution in [0, 0.1) is 11.8 Å². The summed E-state index contributed by atoms with van der Waals surface area (Å²) in [7, 11) is 3.79. The zero-order valence-electron chi connectivity index (χ0n) is 24.0. The van der Waals surface area contributed by atoms with Gasteiger partial charge >= 0.3 is 6.09 Å². The Morgan fingerprint density at radius 2 is 1.69 bits per heavy atom. The second-order valence-corrected chi connectivity index (χ2v) is 10.5. The van der Waals surface area contributed by atoms with Crippen molar-refractivity contribution >= 4 is 17.7 Å². The van der Waals surface area contributed by atoms with E-state index >= 15 is 0 Å². The van der Waals surface area contributed by atoms with Gasteiger partial charge in [0.05, 0.1) is 6.61 Å². The van der Waals surface area contributed by atoms with Crippen LogP contribution in [0.1, 0.15) is 86.0 Å². The van der Waals surface area contributed by atoms with Crippen molar-refractivity contribution in [3.05, 3.63) is 30.3 Å². The molecule has 1 saturated carbocycles. The number of rotatable bonds is 9. The summed E-state index contributed by atoms with van der Waals surface area (Å²) >= 11 is 0. The molecule has 1 aliphatic carbocycles. The average Bonchev–Trinajstić information content (AvgIpc) is 3.25. The molecular weight excluding hydrogens is 450 g/mol. The Bertz CT molecular complexity index is 794. The van der Waals surface area contributed by atoms with E-state index < -0.39 is 0 Å². The molecular formula is C30H51N3O3. The van der Waals surface area contributed by atoms with Gasteiger partial charge in [0.1, 0.15) is 0 Å². The number of amides is 2. The Hall–Kier alpha value is -2.08. The highest BCUT2D eigenvalue weighted by Crippen LogP contribution is 2.45. The predicted molar refractivity (Wildman–Crippen MR) is 149 cm³/mol. The molecule has 2 amide bonds. The zero-order valence-corrected chi connectivity index (χ0v) is 24.0. The Balaban J connectivity index is 0.00000222. The third-order valence-electron chi connectivity index (χ3n) is 8.48. The van der Waals surface area contributed by atoms with Gasteiger partial charge in [-0.3, -0.25) is 4.79 Å². The van der Waals surface area contributed by atoms with Crippen molar-refractivity contribution in [1.82, 2.24) is 9.80 Å². The van der Waals surface area contributed by atoms with E-state index in [0.717, 1.165) is 63.7 Å². The Labute approximate surface area is 220 Å². The van der Waals surface area contributed by atoms with Gasteiger partial charge < -0.3 is 19.4 Å². The molecule has 6 nitrogen and oxygen atoms in total. The Morgan fingerprint density at radius 3 is 2.28 bits per heavy atom. The molecule has 0 N–H and O–H groups in total.